The molecule has 0 aliphatic heterocycles. The van der Waals surface area contributed by atoms with Crippen LogP contribution < -0.4 is 4.74 Å². The quantitative estimate of drug-likeness (QED) is 0.780. The third kappa shape index (κ3) is 5.19. The molecule has 4 heteroatoms. The lowest BCUT2D eigenvalue weighted by Gasteiger charge is -2.15. The Bertz CT molecular complexity index is 387. The number of hydrogen-bond acceptors (Lipinski definition) is 3. The SMILES string of the molecule is CC(C)Cc1ccccc1OC[C@H](O)CC(=O)O. The molecule has 1 aromatic rings. The van der Waals surface area contributed by atoms with Gasteiger partial charge in [0.2, 0.25) is 0 Å². The molecule has 0 fully saturated rings. The predicted molar refractivity (Wildman–Crippen MR) is 68.7 cm³/mol. The first kappa shape index (κ1) is 14.5. The highest BCUT2D eigenvalue weighted by Crippen LogP contribution is 2.21. The summed E-state index contributed by atoms with van der Waals surface area (Å²) in [6.07, 6.45) is -0.382. The lowest BCUT2D eigenvalue weighted by Crippen LogP contribution is -2.21. The van der Waals surface area contributed by atoms with Crippen LogP contribution in [0.3, 0.4) is 0 Å². The van der Waals surface area contributed by atoms with Crippen molar-refractivity contribution in [2.24, 2.45) is 5.92 Å². The summed E-state index contributed by atoms with van der Waals surface area (Å²) in [6.45, 7) is 4.24. The highest BCUT2D eigenvalue weighted by Gasteiger charge is 2.12. The van der Waals surface area contributed by atoms with E-state index < -0.39 is 12.1 Å². The molecule has 0 radical (unpaired) electrons. The second-order valence-electron chi connectivity index (χ2n) is 4.77. The van der Waals surface area contributed by atoms with Gasteiger partial charge in [-0.25, -0.2) is 0 Å². The summed E-state index contributed by atoms with van der Waals surface area (Å²) in [7, 11) is 0. The summed E-state index contributed by atoms with van der Waals surface area (Å²) in [5.41, 5.74) is 1.08. The molecule has 0 spiro atoms. The minimum absolute atomic E-state index is 0.00140. The molecule has 4 nitrogen and oxygen atoms in total. The normalized spacial score (nSPS) is 12.4. The van der Waals surface area contributed by atoms with Gasteiger partial charge in [-0.3, -0.25) is 4.79 Å². The second kappa shape index (κ2) is 7.01. The molecule has 0 amide bonds. The van der Waals surface area contributed by atoms with Gasteiger partial charge in [-0.1, -0.05) is 32.0 Å². The van der Waals surface area contributed by atoms with Gasteiger partial charge in [-0.15, -0.1) is 0 Å². The number of para-hydroxylation sites is 1. The number of aliphatic hydroxyl groups is 1. The molecule has 0 heterocycles. The van der Waals surface area contributed by atoms with Gasteiger partial charge in [0.05, 0.1) is 12.5 Å². The standard InChI is InChI=1S/C14H20O4/c1-10(2)7-11-5-3-4-6-13(11)18-9-12(15)8-14(16)17/h3-6,10,12,15H,7-9H2,1-2H3,(H,16,17)/t12-/m1/s1. The van der Waals surface area contributed by atoms with Gasteiger partial charge in [0.25, 0.3) is 0 Å². The Kier molecular flexibility index (Phi) is 5.65. The summed E-state index contributed by atoms with van der Waals surface area (Å²) >= 11 is 0. The summed E-state index contributed by atoms with van der Waals surface area (Å²) in [6, 6.07) is 7.63. The van der Waals surface area contributed by atoms with E-state index in [1.165, 1.54) is 0 Å². The number of carboxylic acids is 1. The number of aliphatic hydroxyl groups excluding tert-OH is 1. The Hall–Kier alpha value is -1.55. The third-order valence-electron chi connectivity index (χ3n) is 2.44. The van der Waals surface area contributed by atoms with Gasteiger partial charge in [-0.2, -0.15) is 0 Å². The Balaban J connectivity index is 2.58. The van der Waals surface area contributed by atoms with Crippen molar-refractivity contribution in [3.63, 3.8) is 0 Å². The van der Waals surface area contributed by atoms with Crippen LogP contribution in [0.4, 0.5) is 0 Å². The number of carboxylic acid groups (broad SMARTS) is 1. The van der Waals surface area contributed by atoms with Crippen LogP contribution in [-0.2, 0) is 11.2 Å². The monoisotopic (exact) mass is 252 g/mol. The van der Waals surface area contributed by atoms with E-state index in [4.69, 9.17) is 9.84 Å². The molecule has 0 aliphatic rings. The van der Waals surface area contributed by atoms with Crippen molar-refractivity contribution in [2.75, 3.05) is 6.61 Å². The first-order chi connectivity index (χ1) is 8.49. The van der Waals surface area contributed by atoms with Gasteiger partial charge < -0.3 is 14.9 Å². The molecule has 0 saturated heterocycles. The van der Waals surface area contributed by atoms with Crippen LogP contribution in [0.2, 0.25) is 0 Å². The Labute approximate surface area is 107 Å². The molecule has 18 heavy (non-hydrogen) atoms. The minimum Gasteiger partial charge on any atom is -0.491 e. The van der Waals surface area contributed by atoms with Crippen LogP contribution in [-0.4, -0.2) is 28.9 Å². The Morgan fingerprint density at radius 2 is 2.00 bits per heavy atom. The van der Waals surface area contributed by atoms with Gasteiger partial charge in [-0.05, 0) is 24.0 Å². The molecule has 0 unspecified atom stereocenters. The zero-order valence-corrected chi connectivity index (χ0v) is 10.8. The number of hydrogen-bond donors (Lipinski definition) is 2. The van der Waals surface area contributed by atoms with E-state index in [2.05, 4.69) is 13.8 Å². The van der Waals surface area contributed by atoms with Crippen molar-refractivity contribution in [3.8, 4) is 5.75 Å². The number of rotatable bonds is 7. The molecule has 100 valence electrons. The smallest absolute Gasteiger partial charge is 0.306 e. The number of aliphatic carboxylic acids is 1. The minimum atomic E-state index is -1.03. The third-order valence-corrected chi connectivity index (χ3v) is 2.44. The first-order valence-electron chi connectivity index (χ1n) is 6.09. The maximum absolute atomic E-state index is 10.4. The van der Waals surface area contributed by atoms with Crippen LogP contribution in [0.25, 0.3) is 0 Å². The zero-order valence-electron chi connectivity index (χ0n) is 10.8. The van der Waals surface area contributed by atoms with Crippen molar-refractivity contribution in [1.82, 2.24) is 0 Å². The van der Waals surface area contributed by atoms with E-state index in [9.17, 15) is 9.90 Å². The van der Waals surface area contributed by atoms with E-state index in [1.807, 2.05) is 24.3 Å². The fourth-order valence-corrected chi connectivity index (χ4v) is 1.70. The molecule has 0 bridgehead atoms. The van der Waals surface area contributed by atoms with Crippen molar-refractivity contribution in [2.45, 2.75) is 32.8 Å². The topological polar surface area (TPSA) is 66.8 Å². The lowest BCUT2D eigenvalue weighted by molar-refractivity contribution is -0.139. The van der Waals surface area contributed by atoms with Gasteiger partial charge >= 0.3 is 5.97 Å². The van der Waals surface area contributed by atoms with Gasteiger partial charge in [0.1, 0.15) is 12.4 Å². The number of ether oxygens (including phenoxy) is 1. The van der Waals surface area contributed by atoms with Crippen LogP contribution >= 0.6 is 0 Å². The maximum Gasteiger partial charge on any atom is 0.306 e. The molecule has 1 rings (SSSR count). The molecular formula is C14H20O4. The highest BCUT2D eigenvalue weighted by atomic mass is 16.5. The summed E-state index contributed by atoms with van der Waals surface area (Å²) < 4.78 is 5.49. The zero-order chi connectivity index (χ0) is 13.5. The molecule has 0 aromatic heterocycles. The largest absolute Gasteiger partial charge is 0.491 e. The number of benzene rings is 1. The molecular weight excluding hydrogens is 232 g/mol. The van der Waals surface area contributed by atoms with Crippen molar-refractivity contribution < 1.29 is 19.7 Å². The lowest BCUT2D eigenvalue weighted by atomic mass is 10.0. The van der Waals surface area contributed by atoms with E-state index in [-0.39, 0.29) is 13.0 Å². The van der Waals surface area contributed by atoms with Crippen molar-refractivity contribution >= 4 is 5.97 Å². The van der Waals surface area contributed by atoms with E-state index in [0.717, 1.165) is 17.7 Å². The van der Waals surface area contributed by atoms with E-state index >= 15 is 0 Å². The molecule has 1 aromatic carbocycles. The number of carbonyl (C=O) groups is 1. The molecule has 0 saturated carbocycles. The summed E-state index contributed by atoms with van der Waals surface area (Å²) in [4.78, 5) is 10.4. The fourth-order valence-electron chi connectivity index (χ4n) is 1.70. The van der Waals surface area contributed by atoms with E-state index in [1.54, 1.807) is 0 Å². The van der Waals surface area contributed by atoms with Crippen LogP contribution in [0.5, 0.6) is 5.75 Å². The second-order valence-corrected chi connectivity index (χ2v) is 4.77. The molecule has 0 aliphatic carbocycles. The van der Waals surface area contributed by atoms with Crippen LogP contribution in [0.1, 0.15) is 25.8 Å². The maximum atomic E-state index is 10.4. The van der Waals surface area contributed by atoms with E-state index in [0.29, 0.717) is 5.92 Å². The fraction of sp³-hybridized carbons (Fsp3) is 0.500. The van der Waals surface area contributed by atoms with Gasteiger partial charge in [0, 0.05) is 0 Å². The summed E-state index contributed by atoms with van der Waals surface area (Å²) in [5, 5.41) is 18.0. The summed E-state index contributed by atoms with van der Waals surface area (Å²) in [5.74, 6) is 0.205. The Morgan fingerprint density at radius 1 is 1.33 bits per heavy atom. The Morgan fingerprint density at radius 3 is 2.61 bits per heavy atom. The predicted octanol–water partition coefficient (Wildman–Crippen LogP) is 2.10. The first-order valence-corrected chi connectivity index (χ1v) is 6.09. The average Bonchev–Trinajstić information content (AvgIpc) is 2.26. The average molecular weight is 252 g/mol. The molecule has 2 N–H and O–H groups in total. The highest BCUT2D eigenvalue weighted by molar-refractivity contribution is 5.67. The van der Waals surface area contributed by atoms with Crippen LogP contribution in [0.15, 0.2) is 24.3 Å². The van der Waals surface area contributed by atoms with Crippen molar-refractivity contribution in [3.05, 3.63) is 29.8 Å². The van der Waals surface area contributed by atoms with Crippen LogP contribution in [0, 0.1) is 5.92 Å². The molecule has 1 atom stereocenters. The van der Waals surface area contributed by atoms with Crippen molar-refractivity contribution in [1.29, 1.82) is 0 Å². The van der Waals surface area contributed by atoms with Gasteiger partial charge in [0.15, 0.2) is 0 Å².